The Balaban J connectivity index is 2.53. The molecule has 0 fully saturated rings. The number of pyridine rings is 1. The van der Waals surface area contributed by atoms with E-state index in [2.05, 4.69) is 9.84 Å². The third-order valence-corrected chi connectivity index (χ3v) is 2.28. The van der Waals surface area contributed by atoms with Crippen molar-refractivity contribution in [2.75, 3.05) is 7.11 Å². The number of hydrogen-bond acceptors (Lipinski definition) is 4. The number of carbonyl (C=O) groups is 1. The highest BCUT2D eigenvalue weighted by Gasteiger charge is 2.09. The van der Waals surface area contributed by atoms with Crippen molar-refractivity contribution in [3.05, 3.63) is 46.5 Å². The molecule has 0 radical (unpaired) electrons. The molecule has 0 atom stereocenters. The second-order valence-electron chi connectivity index (χ2n) is 3.47. The second kappa shape index (κ2) is 4.25. The zero-order chi connectivity index (χ0) is 12.4. The Morgan fingerprint density at radius 3 is 2.71 bits per heavy atom. The fourth-order valence-electron chi connectivity index (χ4n) is 1.44. The summed E-state index contributed by atoms with van der Waals surface area (Å²) in [6.07, 6.45) is 3.13. The molecule has 2 rings (SSSR count). The van der Waals surface area contributed by atoms with Gasteiger partial charge in [-0.25, -0.2) is 4.79 Å². The molecule has 0 aliphatic rings. The molecule has 6 heteroatoms. The lowest BCUT2D eigenvalue weighted by atomic mass is 10.3. The van der Waals surface area contributed by atoms with Crippen LogP contribution >= 0.6 is 0 Å². The first-order valence-electron chi connectivity index (χ1n) is 4.93. The van der Waals surface area contributed by atoms with Gasteiger partial charge < -0.3 is 4.74 Å². The van der Waals surface area contributed by atoms with E-state index in [0.717, 1.165) is 0 Å². The number of methoxy groups -OCH3 is 1. The zero-order valence-electron chi connectivity index (χ0n) is 9.45. The van der Waals surface area contributed by atoms with E-state index in [9.17, 15) is 9.59 Å². The third kappa shape index (κ3) is 2.10. The number of aryl methyl sites for hydroxylation is 1. The molecule has 2 aromatic heterocycles. The van der Waals surface area contributed by atoms with Gasteiger partial charge in [-0.2, -0.15) is 5.10 Å². The number of carbonyl (C=O) groups excluding carboxylic acids is 1. The molecule has 0 unspecified atom stereocenters. The van der Waals surface area contributed by atoms with Crippen LogP contribution in [0.2, 0.25) is 0 Å². The Hall–Kier alpha value is -2.37. The zero-order valence-corrected chi connectivity index (χ0v) is 9.45. The maximum Gasteiger partial charge on any atom is 0.339 e. The monoisotopic (exact) mass is 233 g/mol. The molecule has 0 aliphatic carbocycles. The smallest absolute Gasteiger partial charge is 0.339 e. The van der Waals surface area contributed by atoms with Crippen LogP contribution in [0.15, 0.2) is 35.4 Å². The van der Waals surface area contributed by atoms with Gasteiger partial charge >= 0.3 is 5.97 Å². The highest BCUT2D eigenvalue weighted by Crippen LogP contribution is 2.04. The molecule has 0 amide bonds. The van der Waals surface area contributed by atoms with Gasteiger partial charge in [0, 0.05) is 31.6 Å². The van der Waals surface area contributed by atoms with Gasteiger partial charge in [-0.15, -0.1) is 0 Å². The van der Waals surface area contributed by atoms with E-state index in [4.69, 9.17) is 0 Å². The maximum atomic E-state index is 11.7. The summed E-state index contributed by atoms with van der Waals surface area (Å²) in [5.41, 5.74) is 0.0501. The minimum atomic E-state index is -0.491. The van der Waals surface area contributed by atoms with Crippen LogP contribution < -0.4 is 5.56 Å². The summed E-state index contributed by atoms with van der Waals surface area (Å²) in [6, 6.07) is 4.41. The lowest BCUT2D eigenvalue weighted by Crippen LogP contribution is -2.19. The molecular formula is C11H11N3O3. The summed E-state index contributed by atoms with van der Waals surface area (Å²) >= 11 is 0. The number of hydrogen-bond donors (Lipinski definition) is 0. The second-order valence-corrected chi connectivity index (χ2v) is 3.47. The molecule has 17 heavy (non-hydrogen) atoms. The molecule has 6 nitrogen and oxygen atoms in total. The van der Waals surface area contributed by atoms with Gasteiger partial charge in [-0.3, -0.25) is 14.0 Å². The molecular weight excluding hydrogens is 222 g/mol. The molecule has 0 aliphatic heterocycles. The Kier molecular flexibility index (Phi) is 2.78. The first kappa shape index (κ1) is 11.1. The normalized spacial score (nSPS) is 10.2. The molecule has 0 spiro atoms. The van der Waals surface area contributed by atoms with Crippen LogP contribution in [0.3, 0.4) is 0 Å². The van der Waals surface area contributed by atoms with Gasteiger partial charge in [0.15, 0.2) is 5.82 Å². The Morgan fingerprint density at radius 1 is 1.35 bits per heavy atom. The van der Waals surface area contributed by atoms with Crippen molar-refractivity contribution in [2.24, 2.45) is 7.05 Å². The summed E-state index contributed by atoms with van der Waals surface area (Å²) in [5.74, 6) is -0.0297. The van der Waals surface area contributed by atoms with Gasteiger partial charge in [-0.05, 0) is 6.07 Å². The standard InChI is InChI=1S/C11H11N3O3/c1-13-6-5-9(12-13)14-7-8(11(16)17-2)3-4-10(14)15/h3-7H,1-2H3. The topological polar surface area (TPSA) is 66.1 Å². The fraction of sp³-hybridized carbons (Fsp3) is 0.182. The van der Waals surface area contributed by atoms with Gasteiger partial charge in [0.2, 0.25) is 0 Å². The quantitative estimate of drug-likeness (QED) is 0.702. The van der Waals surface area contributed by atoms with Crippen molar-refractivity contribution in [3.8, 4) is 5.82 Å². The number of rotatable bonds is 2. The van der Waals surface area contributed by atoms with E-state index < -0.39 is 5.97 Å². The van der Waals surface area contributed by atoms with Gasteiger partial charge in [0.25, 0.3) is 5.56 Å². The van der Waals surface area contributed by atoms with Gasteiger partial charge in [-0.1, -0.05) is 0 Å². The van der Waals surface area contributed by atoms with Crippen LogP contribution in [-0.2, 0) is 11.8 Å². The van der Waals surface area contributed by atoms with Crippen molar-refractivity contribution in [2.45, 2.75) is 0 Å². The van der Waals surface area contributed by atoms with Crippen LogP contribution in [-0.4, -0.2) is 27.4 Å². The molecule has 0 saturated carbocycles. The van der Waals surface area contributed by atoms with E-state index in [1.807, 2.05) is 0 Å². The van der Waals surface area contributed by atoms with E-state index in [1.54, 1.807) is 24.0 Å². The Morgan fingerprint density at radius 2 is 2.12 bits per heavy atom. The average Bonchev–Trinajstić information content (AvgIpc) is 2.75. The van der Waals surface area contributed by atoms with Crippen LogP contribution in [0.5, 0.6) is 0 Å². The van der Waals surface area contributed by atoms with Crippen LogP contribution in [0.25, 0.3) is 5.82 Å². The average molecular weight is 233 g/mol. The summed E-state index contributed by atoms with van der Waals surface area (Å²) in [5, 5.41) is 4.10. The maximum absolute atomic E-state index is 11.7. The van der Waals surface area contributed by atoms with Crippen LogP contribution in [0.4, 0.5) is 0 Å². The Labute approximate surface area is 97.1 Å². The number of ether oxygens (including phenoxy) is 1. The highest BCUT2D eigenvalue weighted by molar-refractivity contribution is 5.88. The summed E-state index contributed by atoms with van der Waals surface area (Å²) < 4.78 is 7.47. The molecule has 0 bridgehead atoms. The molecule has 0 aromatic carbocycles. The Bertz CT molecular complexity index is 612. The van der Waals surface area contributed by atoms with E-state index in [1.165, 1.54) is 30.0 Å². The van der Waals surface area contributed by atoms with Crippen LogP contribution in [0, 0.1) is 0 Å². The lowest BCUT2D eigenvalue weighted by Gasteiger charge is -2.03. The van der Waals surface area contributed by atoms with Gasteiger partial charge in [0.1, 0.15) is 0 Å². The number of aromatic nitrogens is 3. The molecule has 88 valence electrons. The number of esters is 1. The predicted molar refractivity (Wildman–Crippen MR) is 60.1 cm³/mol. The molecule has 0 N–H and O–H groups in total. The van der Waals surface area contributed by atoms with Gasteiger partial charge in [0.05, 0.1) is 12.7 Å². The number of nitrogens with zero attached hydrogens (tertiary/aromatic N) is 3. The van der Waals surface area contributed by atoms with Crippen molar-refractivity contribution >= 4 is 5.97 Å². The van der Waals surface area contributed by atoms with Crippen molar-refractivity contribution in [1.29, 1.82) is 0 Å². The molecule has 0 saturated heterocycles. The first-order valence-corrected chi connectivity index (χ1v) is 4.93. The van der Waals surface area contributed by atoms with E-state index in [0.29, 0.717) is 11.4 Å². The summed E-state index contributed by atoms with van der Waals surface area (Å²) in [6.45, 7) is 0. The fourth-order valence-corrected chi connectivity index (χ4v) is 1.44. The predicted octanol–water partition coefficient (Wildman–Crippen LogP) is 0.358. The van der Waals surface area contributed by atoms with E-state index in [-0.39, 0.29) is 5.56 Å². The van der Waals surface area contributed by atoms with E-state index >= 15 is 0 Å². The minimum Gasteiger partial charge on any atom is -0.465 e. The largest absolute Gasteiger partial charge is 0.465 e. The van der Waals surface area contributed by atoms with Crippen molar-refractivity contribution < 1.29 is 9.53 Å². The molecule has 2 heterocycles. The SMILES string of the molecule is COC(=O)c1ccc(=O)n(-c2ccn(C)n2)c1. The minimum absolute atomic E-state index is 0.253. The van der Waals surface area contributed by atoms with Crippen LogP contribution in [0.1, 0.15) is 10.4 Å². The third-order valence-electron chi connectivity index (χ3n) is 2.28. The highest BCUT2D eigenvalue weighted by atomic mass is 16.5. The lowest BCUT2D eigenvalue weighted by molar-refractivity contribution is 0.0600. The van der Waals surface area contributed by atoms with Crippen molar-refractivity contribution in [3.63, 3.8) is 0 Å². The summed E-state index contributed by atoms with van der Waals surface area (Å²) in [4.78, 5) is 23.0. The van der Waals surface area contributed by atoms with Crippen molar-refractivity contribution in [1.82, 2.24) is 14.3 Å². The first-order chi connectivity index (χ1) is 8.11. The molecule has 2 aromatic rings. The summed E-state index contributed by atoms with van der Waals surface area (Å²) in [7, 11) is 3.04.